The van der Waals surface area contributed by atoms with Crippen molar-refractivity contribution >= 4 is 5.97 Å². The Kier molecular flexibility index (Phi) is 4.27. The molecule has 116 valence electrons. The summed E-state index contributed by atoms with van der Waals surface area (Å²) in [5, 5.41) is 12.0. The number of nitrogens with one attached hydrogen (secondary N) is 1. The van der Waals surface area contributed by atoms with Crippen LogP contribution in [0.5, 0.6) is 0 Å². The second-order valence-corrected chi connectivity index (χ2v) is 5.67. The molecule has 0 radical (unpaired) electrons. The largest absolute Gasteiger partial charge is 0.480 e. The van der Waals surface area contributed by atoms with Gasteiger partial charge < -0.3 is 5.11 Å². The molecule has 2 atom stereocenters. The molecule has 1 aliphatic rings. The quantitative estimate of drug-likeness (QED) is 0.845. The van der Waals surface area contributed by atoms with Gasteiger partial charge in [0, 0.05) is 6.04 Å². The lowest BCUT2D eigenvalue weighted by atomic mass is 9.95. The molecule has 0 spiro atoms. The Bertz CT molecular complexity index is 497. The van der Waals surface area contributed by atoms with Crippen LogP contribution in [0, 0.1) is 5.41 Å². The van der Waals surface area contributed by atoms with E-state index < -0.39 is 30.0 Å². The average Bonchev–Trinajstić information content (AvgIpc) is 3.19. The molecule has 3 nitrogen and oxygen atoms in total. The van der Waals surface area contributed by atoms with Crippen LogP contribution in [0.1, 0.15) is 37.8 Å². The number of carboxylic acids is 1. The third-order valence-corrected chi connectivity index (χ3v) is 4.10. The zero-order valence-electron chi connectivity index (χ0n) is 11.7. The molecule has 1 aliphatic carbocycles. The van der Waals surface area contributed by atoms with Crippen LogP contribution >= 0.6 is 0 Å². The zero-order chi connectivity index (χ0) is 15.7. The smallest absolute Gasteiger partial charge is 0.394 e. The first-order valence-electron chi connectivity index (χ1n) is 6.86. The highest BCUT2D eigenvalue weighted by molar-refractivity contribution is 5.73. The first-order chi connectivity index (χ1) is 9.75. The molecule has 1 saturated carbocycles. The fraction of sp³-hybridized carbons (Fsp3) is 0.533. The Morgan fingerprint density at radius 3 is 2.33 bits per heavy atom. The highest BCUT2D eigenvalue weighted by Gasteiger charge is 2.63. The predicted molar refractivity (Wildman–Crippen MR) is 71.8 cm³/mol. The van der Waals surface area contributed by atoms with E-state index in [1.165, 1.54) is 0 Å². The molecule has 2 unspecified atom stereocenters. The van der Waals surface area contributed by atoms with E-state index in [0.29, 0.717) is 0 Å². The van der Waals surface area contributed by atoms with Crippen molar-refractivity contribution in [3.63, 3.8) is 0 Å². The van der Waals surface area contributed by atoms with Crippen LogP contribution in [0.25, 0.3) is 0 Å². The number of carbonyl (C=O) groups is 1. The summed E-state index contributed by atoms with van der Waals surface area (Å²) in [6.07, 6.45) is -4.72. The lowest BCUT2D eigenvalue weighted by molar-refractivity contribution is -0.191. The first kappa shape index (κ1) is 15.8. The number of hydrogen-bond donors (Lipinski definition) is 2. The van der Waals surface area contributed by atoms with Crippen molar-refractivity contribution in [2.45, 2.75) is 44.4 Å². The normalized spacial score (nSPS) is 19.8. The number of alkyl halides is 3. The van der Waals surface area contributed by atoms with E-state index in [4.69, 9.17) is 0 Å². The molecule has 2 rings (SSSR count). The Hall–Kier alpha value is -1.56. The standard InChI is InChI=1S/C15H18F3NO2/c1-10(11-5-3-2-4-6-11)19-12(13(20)21)9-14(7-8-14)15(16,17)18/h2-6,10,12,19H,7-9H2,1H3,(H,20,21). The number of benzene rings is 1. The van der Waals surface area contributed by atoms with Gasteiger partial charge in [-0.1, -0.05) is 30.3 Å². The van der Waals surface area contributed by atoms with Gasteiger partial charge in [-0.15, -0.1) is 0 Å². The van der Waals surface area contributed by atoms with E-state index >= 15 is 0 Å². The second-order valence-electron chi connectivity index (χ2n) is 5.67. The van der Waals surface area contributed by atoms with Gasteiger partial charge in [-0.2, -0.15) is 13.2 Å². The molecule has 1 aromatic carbocycles. The van der Waals surface area contributed by atoms with E-state index in [1.807, 2.05) is 18.2 Å². The summed E-state index contributed by atoms with van der Waals surface area (Å²) in [6.45, 7) is 1.75. The van der Waals surface area contributed by atoms with E-state index in [2.05, 4.69) is 5.32 Å². The Morgan fingerprint density at radius 1 is 1.33 bits per heavy atom. The number of hydrogen-bond acceptors (Lipinski definition) is 2. The molecule has 0 bridgehead atoms. The van der Waals surface area contributed by atoms with Crippen LogP contribution < -0.4 is 5.32 Å². The molecule has 1 fully saturated rings. The highest BCUT2D eigenvalue weighted by atomic mass is 19.4. The van der Waals surface area contributed by atoms with Crippen molar-refractivity contribution in [1.82, 2.24) is 5.32 Å². The fourth-order valence-electron chi connectivity index (χ4n) is 2.50. The van der Waals surface area contributed by atoms with Crippen molar-refractivity contribution < 1.29 is 23.1 Å². The Balaban J connectivity index is 2.06. The first-order valence-corrected chi connectivity index (χ1v) is 6.86. The Labute approximate surface area is 121 Å². The summed E-state index contributed by atoms with van der Waals surface area (Å²) in [5.41, 5.74) is -0.972. The Morgan fingerprint density at radius 2 is 1.90 bits per heavy atom. The molecule has 6 heteroatoms. The molecule has 0 aromatic heterocycles. The van der Waals surface area contributed by atoms with Crippen molar-refractivity contribution in [1.29, 1.82) is 0 Å². The van der Waals surface area contributed by atoms with E-state index in [1.54, 1.807) is 19.1 Å². The maximum atomic E-state index is 13.0. The lowest BCUT2D eigenvalue weighted by Crippen LogP contribution is -2.42. The summed E-state index contributed by atoms with van der Waals surface area (Å²) in [7, 11) is 0. The lowest BCUT2D eigenvalue weighted by Gasteiger charge is -2.26. The van der Waals surface area contributed by atoms with Gasteiger partial charge in [0.25, 0.3) is 0 Å². The van der Waals surface area contributed by atoms with Crippen LogP contribution in [0.4, 0.5) is 13.2 Å². The van der Waals surface area contributed by atoms with Gasteiger partial charge in [-0.3, -0.25) is 10.1 Å². The molecular weight excluding hydrogens is 283 g/mol. The van der Waals surface area contributed by atoms with Gasteiger partial charge in [0.05, 0.1) is 5.41 Å². The topological polar surface area (TPSA) is 49.3 Å². The number of halogens is 3. The fourth-order valence-corrected chi connectivity index (χ4v) is 2.50. The average molecular weight is 301 g/mol. The monoisotopic (exact) mass is 301 g/mol. The number of aliphatic carboxylic acids is 1. The number of carboxylic acid groups (broad SMARTS) is 1. The summed E-state index contributed by atoms with van der Waals surface area (Å²) in [4.78, 5) is 11.3. The molecule has 0 saturated heterocycles. The molecular formula is C15H18F3NO2. The minimum atomic E-state index is -4.33. The van der Waals surface area contributed by atoms with E-state index in [9.17, 15) is 23.1 Å². The summed E-state index contributed by atoms with van der Waals surface area (Å²) < 4.78 is 38.9. The van der Waals surface area contributed by atoms with Crippen LogP contribution in [-0.2, 0) is 4.79 Å². The van der Waals surface area contributed by atoms with Gasteiger partial charge in [0.15, 0.2) is 0 Å². The molecule has 0 heterocycles. The van der Waals surface area contributed by atoms with Crippen molar-refractivity contribution in [2.75, 3.05) is 0 Å². The van der Waals surface area contributed by atoms with Crippen molar-refractivity contribution in [2.24, 2.45) is 5.41 Å². The SMILES string of the molecule is CC(NC(CC1(C(F)(F)F)CC1)C(=O)O)c1ccccc1. The number of rotatable bonds is 6. The summed E-state index contributed by atoms with van der Waals surface area (Å²) in [6, 6.07) is 7.54. The van der Waals surface area contributed by atoms with Crippen molar-refractivity contribution in [3.05, 3.63) is 35.9 Å². The third-order valence-electron chi connectivity index (χ3n) is 4.10. The molecule has 0 aliphatic heterocycles. The summed E-state index contributed by atoms with van der Waals surface area (Å²) in [5.74, 6) is -1.24. The van der Waals surface area contributed by atoms with Gasteiger partial charge in [0.2, 0.25) is 0 Å². The third kappa shape index (κ3) is 3.56. The van der Waals surface area contributed by atoms with Crippen LogP contribution in [0.2, 0.25) is 0 Å². The van der Waals surface area contributed by atoms with E-state index in [-0.39, 0.29) is 18.9 Å². The molecule has 2 N–H and O–H groups in total. The van der Waals surface area contributed by atoms with Crippen molar-refractivity contribution in [3.8, 4) is 0 Å². The van der Waals surface area contributed by atoms with Crippen LogP contribution in [0.3, 0.4) is 0 Å². The molecule has 0 amide bonds. The summed E-state index contributed by atoms with van der Waals surface area (Å²) >= 11 is 0. The maximum absolute atomic E-state index is 13.0. The predicted octanol–water partition coefficient (Wildman–Crippen LogP) is 3.52. The minimum Gasteiger partial charge on any atom is -0.480 e. The molecule has 21 heavy (non-hydrogen) atoms. The zero-order valence-corrected chi connectivity index (χ0v) is 11.7. The minimum absolute atomic E-state index is 0.0156. The van der Waals surface area contributed by atoms with Gasteiger partial charge in [0.1, 0.15) is 6.04 Å². The highest BCUT2D eigenvalue weighted by Crippen LogP contribution is 2.60. The second kappa shape index (κ2) is 5.67. The van der Waals surface area contributed by atoms with Gasteiger partial charge in [-0.05, 0) is 31.7 Å². The van der Waals surface area contributed by atoms with E-state index in [0.717, 1.165) is 5.56 Å². The van der Waals surface area contributed by atoms with Crippen LogP contribution in [0.15, 0.2) is 30.3 Å². The maximum Gasteiger partial charge on any atom is 0.394 e. The molecule has 1 aromatic rings. The van der Waals surface area contributed by atoms with Gasteiger partial charge in [-0.25, -0.2) is 0 Å². The van der Waals surface area contributed by atoms with Crippen LogP contribution in [-0.4, -0.2) is 23.3 Å². The van der Waals surface area contributed by atoms with Gasteiger partial charge >= 0.3 is 12.1 Å².